The molecule has 2 heterocycles. The van der Waals surface area contributed by atoms with Crippen LogP contribution in [0.3, 0.4) is 0 Å². The minimum atomic E-state index is -0.00859. The fraction of sp³-hybridized carbons (Fsp3) is 0.500. The van der Waals surface area contributed by atoms with Gasteiger partial charge in [-0.1, -0.05) is 20.8 Å². The van der Waals surface area contributed by atoms with E-state index < -0.39 is 0 Å². The van der Waals surface area contributed by atoms with Crippen molar-refractivity contribution in [3.8, 4) is 5.88 Å². The van der Waals surface area contributed by atoms with E-state index in [1.165, 1.54) is 0 Å². The van der Waals surface area contributed by atoms with Gasteiger partial charge in [-0.3, -0.25) is 4.98 Å². The molecule has 0 atom stereocenters. The molecule has 102 valence electrons. The summed E-state index contributed by atoms with van der Waals surface area (Å²) in [6.07, 6.45) is 3.39. The van der Waals surface area contributed by atoms with Gasteiger partial charge in [-0.05, 0) is 6.92 Å². The fourth-order valence-corrected chi connectivity index (χ4v) is 1.63. The molecule has 5 nitrogen and oxygen atoms in total. The minimum Gasteiger partial charge on any atom is -0.470 e. The summed E-state index contributed by atoms with van der Waals surface area (Å²) in [4.78, 5) is 12.9. The van der Waals surface area contributed by atoms with Crippen molar-refractivity contribution in [3.63, 3.8) is 0 Å². The van der Waals surface area contributed by atoms with Crippen LogP contribution in [0.5, 0.6) is 5.88 Å². The molecule has 2 rings (SSSR count). The van der Waals surface area contributed by atoms with E-state index in [2.05, 4.69) is 35.7 Å². The van der Waals surface area contributed by atoms with Crippen LogP contribution in [0.15, 0.2) is 16.8 Å². The molecule has 0 fully saturated rings. The molecule has 0 aliphatic carbocycles. The Bertz CT molecular complexity index is 553. The molecule has 0 radical (unpaired) electrons. The molecule has 0 saturated carbocycles. The zero-order valence-electron chi connectivity index (χ0n) is 12.0. The van der Waals surface area contributed by atoms with E-state index >= 15 is 0 Å². The van der Waals surface area contributed by atoms with Gasteiger partial charge in [-0.25, -0.2) is 9.97 Å². The molecule has 0 unspecified atom stereocenters. The Hall–Kier alpha value is -1.91. The average molecular weight is 261 g/mol. The highest BCUT2D eigenvalue weighted by Gasteiger charge is 2.16. The number of oxazole rings is 1. The Morgan fingerprint density at radius 1 is 1.16 bits per heavy atom. The first-order valence-corrected chi connectivity index (χ1v) is 6.24. The van der Waals surface area contributed by atoms with Gasteiger partial charge in [0.05, 0.1) is 18.1 Å². The van der Waals surface area contributed by atoms with Crippen LogP contribution >= 0.6 is 0 Å². The van der Waals surface area contributed by atoms with Gasteiger partial charge < -0.3 is 9.15 Å². The molecule has 0 aromatic carbocycles. The van der Waals surface area contributed by atoms with Gasteiger partial charge in [0.15, 0.2) is 5.89 Å². The van der Waals surface area contributed by atoms with Crippen LogP contribution in [0, 0.1) is 13.8 Å². The number of aromatic nitrogens is 3. The summed E-state index contributed by atoms with van der Waals surface area (Å²) in [5.41, 5.74) is 1.72. The zero-order chi connectivity index (χ0) is 14.0. The lowest BCUT2D eigenvalue weighted by atomic mass is 9.93. The number of ether oxygens (including phenoxy) is 1. The summed E-state index contributed by atoms with van der Waals surface area (Å²) in [5.74, 6) is 1.91. The SMILES string of the molecule is Cc1nc(COc2cnc(C(C)(C)C)cn2)c(C)o1. The number of nitrogens with zero attached hydrogens (tertiary/aromatic N) is 3. The van der Waals surface area contributed by atoms with Crippen molar-refractivity contribution >= 4 is 0 Å². The van der Waals surface area contributed by atoms with E-state index in [1.807, 2.05) is 13.8 Å². The first-order valence-electron chi connectivity index (χ1n) is 6.24. The predicted octanol–water partition coefficient (Wildman–Crippen LogP) is 2.96. The van der Waals surface area contributed by atoms with Crippen LogP contribution < -0.4 is 4.74 Å². The molecule has 2 aromatic heterocycles. The number of aryl methyl sites for hydroxylation is 2. The highest BCUT2D eigenvalue weighted by molar-refractivity contribution is 5.14. The number of hydrogen-bond donors (Lipinski definition) is 0. The normalized spacial score (nSPS) is 11.6. The van der Waals surface area contributed by atoms with Crippen LogP contribution in [0.1, 0.15) is 43.8 Å². The molecule has 19 heavy (non-hydrogen) atoms. The molecular formula is C14H19N3O2. The Balaban J connectivity index is 2.02. The predicted molar refractivity (Wildman–Crippen MR) is 71.0 cm³/mol. The van der Waals surface area contributed by atoms with Gasteiger partial charge in [-0.15, -0.1) is 0 Å². The molecule has 0 saturated heterocycles. The first-order chi connectivity index (χ1) is 8.86. The lowest BCUT2D eigenvalue weighted by Gasteiger charge is -2.16. The Morgan fingerprint density at radius 2 is 1.89 bits per heavy atom. The molecular weight excluding hydrogens is 242 g/mol. The molecule has 0 N–H and O–H groups in total. The minimum absolute atomic E-state index is 0.00859. The average Bonchev–Trinajstić information content (AvgIpc) is 2.65. The molecule has 0 aliphatic rings. The molecule has 0 aliphatic heterocycles. The Kier molecular flexibility index (Phi) is 3.55. The van der Waals surface area contributed by atoms with E-state index in [9.17, 15) is 0 Å². The van der Waals surface area contributed by atoms with E-state index in [0.717, 1.165) is 17.1 Å². The summed E-state index contributed by atoms with van der Waals surface area (Å²) in [5, 5.41) is 0. The molecule has 5 heteroatoms. The zero-order valence-corrected chi connectivity index (χ0v) is 12.0. The molecule has 0 bridgehead atoms. The van der Waals surface area contributed by atoms with Crippen molar-refractivity contribution in [3.05, 3.63) is 35.4 Å². The summed E-state index contributed by atoms with van der Waals surface area (Å²) in [7, 11) is 0. The van der Waals surface area contributed by atoms with Gasteiger partial charge >= 0.3 is 0 Å². The fourth-order valence-electron chi connectivity index (χ4n) is 1.63. The second-order valence-electron chi connectivity index (χ2n) is 5.51. The second kappa shape index (κ2) is 4.99. The van der Waals surface area contributed by atoms with Crippen molar-refractivity contribution in [2.45, 2.75) is 46.6 Å². The van der Waals surface area contributed by atoms with Crippen molar-refractivity contribution in [2.24, 2.45) is 0 Å². The van der Waals surface area contributed by atoms with Crippen molar-refractivity contribution in [1.82, 2.24) is 15.0 Å². The third-order valence-corrected chi connectivity index (χ3v) is 2.75. The van der Waals surface area contributed by atoms with Crippen molar-refractivity contribution in [1.29, 1.82) is 0 Å². The van der Waals surface area contributed by atoms with Crippen LogP contribution in [0.4, 0.5) is 0 Å². The topological polar surface area (TPSA) is 61.0 Å². The van der Waals surface area contributed by atoms with Gasteiger partial charge in [0.25, 0.3) is 0 Å². The first kappa shape index (κ1) is 13.5. The summed E-state index contributed by atoms with van der Waals surface area (Å²) in [6, 6.07) is 0. The van der Waals surface area contributed by atoms with Gasteiger partial charge in [-0.2, -0.15) is 0 Å². The summed E-state index contributed by atoms with van der Waals surface area (Å²) in [6.45, 7) is 10.3. The Labute approximate surface area is 113 Å². The third kappa shape index (κ3) is 3.30. The Morgan fingerprint density at radius 3 is 2.37 bits per heavy atom. The maximum atomic E-state index is 5.56. The summed E-state index contributed by atoms with van der Waals surface area (Å²) >= 11 is 0. The van der Waals surface area contributed by atoms with E-state index in [1.54, 1.807) is 12.4 Å². The van der Waals surface area contributed by atoms with Gasteiger partial charge in [0.1, 0.15) is 18.1 Å². The van der Waals surface area contributed by atoms with Crippen LogP contribution in [0.2, 0.25) is 0 Å². The lowest BCUT2D eigenvalue weighted by Crippen LogP contribution is -2.14. The number of rotatable bonds is 3. The smallest absolute Gasteiger partial charge is 0.232 e. The quantitative estimate of drug-likeness (QED) is 0.850. The molecule has 2 aromatic rings. The standard InChI is InChI=1S/C14H19N3O2/c1-9-11(17-10(2)19-9)8-18-13-7-15-12(6-16-13)14(3,4)5/h6-7H,8H2,1-5H3. The van der Waals surface area contributed by atoms with Crippen molar-refractivity contribution < 1.29 is 9.15 Å². The van der Waals surface area contributed by atoms with E-state index in [-0.39, 0.29) is 5.41 Å². The van der Waals surface area contributed by atoms with E-state index in [0.29, 0.717) is 18.4 Å². The number of hydrogen-bond acceptors (Lipinski definition) is 5. The van der Waals surface area contributed by atoms with Gasteiger partial charge in [0.2, 0.25) is 5.88 Å². The van der Waals surface area contributed by atoms with Crippen LogP contribution in [-0.4, -0.2) is 15.0 Å². The van der Waals surface area contributed by atoms with Crippen LogP contribution in [-0.2, 0) is 12.0 Å². The molecule has 0 spiro atoms. The van der Waals surface area contributed by atoms with Crippen molar-refractivity contribution in [2.75, 3.05) is 0 Å². The summed E-state index contributed by atoms with van der Waals surface area (Å²) < 4.78 is 10.9. The third-order valence-electron chi connectivity index (χ3n) is 2.75. The second-order valence-corrected chi connectivity index (χ2v) is 5.51. The maximum absolute atomic E-state index is 5.56. The molecule has 0 amide bonds. The lowest BCUT2D eigenvalue weighted by molar-refractivity contribution is 0.285. The maximum Gasteiger partial charge on any atom is 0.232 e. The van der Waals surface area contributed by atoms with E-state index in [4.69, 9.17) is 9.15 Å². The largest absolute Gasteiger partial charge is 0.470 e. The van der Waals surface area contributed by atoms with Crippen LogP contribution in [0.25, 0.3) is 0 Å². The van der Waals surface area contributed by atoms with Gasteiger partial charge in [0, 0.05) is 12.3 Å². The highest BCUT2D eigenvalue weighted by atomic mass is 16.5. The monoisotopic (exact) mass is 261 g/mol. The highest BCUT2D eigenvalue weighted by Crippen LogP contribution is 2.20.